The first-order valence-corrected chi connectivity index (χ1v) is 14.0. The second kappa shape index (κ2) is 14.4. The minimum absolute atomic E-state index is 0. The Morgan fingerprint density at radius 3 is 2.30 bits per heavy atom. The number of rotatable bonds is 9. The number of β-amino-alcohol motifs (C(OH)–C–C–N with tert-alkyl or cyclic N) is 1. The van der Waals surface area contributed by atoms with Gasteiger partial charge < -0.3 is 31.1 Å². The van der Waals surface area contributed by atoms with Crippen molar-refractivity contribution in [1.82, 2.24) is 24.8 Å². The molecule has 2 aromatic carbocycles. The third-order valence-corrected chi connectivity index (χ3v) is 7.26. The van der Waals surface area contributed by atoms with Gasteiger partial charge >= 0.3 is 57.6 Å². The van der Waals surface area contributed by atoms with Gasteiger partial charge in [0.2, 0.25) is 5.95 Å². The Morgan fingerprint density at radius 1 is 0.891 bits per heavy atom. The monoisotopic (exact) mass is 657 g/mol. The normalized spacial score (nSPS) is 14.2. The van der Waals surface area contributed by atoms with Crippen molar-refractivity contribution in [1.29, 1.82) is 0 Å². The van der Waals surface area contributed by atoms with Crippen molar-refractivity contribution in [3.05, 3.63) is 95.4 Å². The van der Waals surface area contributed by atoms with E-state index >= 15 is 0 Å². The van der Waals surface area contributed by atoms with Gasteiger partial charge in [-0.05, 0) is 48.5 Å². The van der Waals surface area contributed by atoms with E-state index in [9.17, 15) is 22.8 Å². The Hall–Kier alpha value is -3.64. The fraction of sp³-hybridized carbons (Fsp3) is 0.233. The molecule has 1 fully saturated rings. The van der Waals surface area contributed by atoms with Gasteiger partial charge in [-0.15, -0.1) is 0 Å². The van der Waals surface area contributed by atoms with Crippen LogP contribution in [-0.2, 0) is 6.18 Å². The Labute approximate surface area is 304 Å². The molecule has 4 heterocycles. The topological polar surface area (TPSA) is 141 Å². The second-order valence-electron chi connectivity index (χ2n) is 10.3. The molecule has 0 bridgehead atoms. The van der Waals surface area contributed by atoms with Crippen molar-refractivity contribution in [2.45, 2.75) is 6.18 Å². The quantitative estimate of drug-likeness (QED) is 0.181. The zero-order valence-corrected chi connectivity index (χ0v) is 27.8. The molecule has 1 saturated heterocycles. The molecule has 0 atom stereocenters. The predicted octanol–water partition coefficient (Wildman–Crippen LogP) is 1.71. The molecule has 2 aliphatic rings. The fourth-order valence-corrected chi connectivity index (χ4v) is 4.82. The van der Waals surface area contributed by atoms with E-state index in [1.807, 2.05) is 0 Å². The first-order chi connectivity index (χ1) is 21.7. The second-order valence-corrected chi connectivity index (χ2v) is 10.3. The van der Waals surface area contributed by atoms with Gasteiger partial charge in [-0.1, -0.05) is 11.8 Å². The number of pyridine rings is 1. The van der Waals surface area contributed by atoms with Crippen LogP contribution in [0.3, 0.4) is 0 Å². The van der Waals surface area contributed by atoms with Gasteiger partial charge in [0.1, 0.15) is 5.69 Å². The molecule has 2 aromatic heterocycles. The summed E-state index contributed by atoms with van der Waals surface area (Å²) in [6.45, 7) is 3.27. The van der Waals surface area contributed by atoms with Crippen LogP contribution in [0.5, 0.6) is 0 Å². The maximum atomic E-state index is 13.0. The number of aliphatic hydroxyl groups excluding tert-OH is 1. The average molecular weight is 658 g/mol. The van der Waals surface area contributed by atoms with Crippen molar-refractivity contribution in [3.63, 3.8) is 0 Å². The Balaban J connectivity index is 0.00000417. The molecule has 0 radical (unpaired) electrons. The van der Waals surface area contributed by atoms with Gasteiger partial charge in [0, 0.05) is 56.4 Å². The Bertz CT molecular complexity index is 1700. The third-order valence-electron chi connectivity index (χ3n) is 7.26. The number of nitrogens with one attached hydrogen (secondary N) is 2. The predicted molar refractivity (Wildman–Crippen MR) is 160 cm³/mol. The minimum Gasteiger partial charge on any atom is -0.587 e. The molecule has 0 spiro atoms. The molecular weight excluding hydrogens is 630 g/mol. The van der Waals surface area contributed by atoms with Gasteiger partial charge in [0.15, 0.2) is 0 Å². The van der Waals surface area contributed by atoms with Crippen LogP contribution < -0.4 is 67.0 Å². The van der Waals surface area contributed by atoms with Crippen LogP contribution in [0.1, 0.15) is 26.4 Å². The number of anilines is 5. The Kier molecular flexibility index (Phi) is 10.6. The molecule has 46 heavy (non-hydrogen) atoms. The summed E-state index contributed by atoms with van der Waals surface area (Å²) >= 11 is 0. The molecule has 12 nitrogen and oxygen atoms in total. The van der Waals surface area contributed by atoms with E-state index in [0.717, 1.165) is 17.8 Å². The van der Waals surface area contributed by atoms with E-state index in [4.69, 9.17) is 5.11 Å². The maximum Gasteiger partial charge on any atom is 1.00 e. The van der Waals surface area contributed by atoms with E-state index in [1.54, 1.807) is 40.2 Å². The van der Waals surface area contributed by atoms with E-state index in [0.29, 0.717) is 67.1 Å². The number of carbonyl (C=O) groups is 2. The Morgan fingerprint density at radius 2 is 1.63 bits per heavy atom. The first-order valence-electron chi connectivity index (χ1n) is 14.0. The molecule has 3 N–H and O–H groups in total. The summed E-state index contributed by atoms with van der Waals surface area (Å²) in [6.07, 6.45) is 0.0304. The number of alkyl halides is 3. The number of nitrogens with zero attached hydrogens (tertiary/aromatic N) is 7. The number of carbonyl (C=O) groups excluding carboxylic acids is 2. The summed E-state index contributed by atoms with van der Waals surface area (Å²) in [4.78, 5) is 42.0. The van der Waals surface area contributed by atoms with Crippen LogP contribution in [-0.4, -0.2) is 81.0 Å². The summed E-state index contributed by atoms with van der Waals surface area (Å²) in [5, 5.41) is 16.4. The fourth-order valence-electron chi connectivity index (χ4n) is 4.82. The smallest absolute Gasteiger partial charge is 0.587 e. The average Bonchev–Trinajstić information content (AvgIpc) is 3.73. The van der Waals surface area contributed by atoms with E-state index in [2.05, 4.69) is 35.9 Å². The van der Waals surface area contributed by atoms with Gasteiger partial charge in [-0.2, -0.15) is 13.2 Å². The number of piperazine rings is 1. The van der Waals surface area contributed by atoms with Crippen LogP contribution in [0.25, 0.3) is 5.43 Å². The summed E-state index contributed by atoms with van der Waals surface area (Å²) in [5.41, 5.74) is 6.78. The molecular formula is C30H27F3KN9O3. The standard InChI is InChI=1S/C30H28F3N9O3.K/c31-30(32,33)20-3-1-2-19(14-20)27(44)37-21-5-7-25-26(15-21)42(25)39-23-17-35-29(36-18-23)38-22-4-6-24(34-16-22)28(45)41-10-8-40(9-11-41)12-13-43;/h1-7,14-18,43H,8-13H2,(H3,34,35,36,37,38,39,44,45);/q;+1/p-1. The molecule has 4 aromatic rings. The SMILES string of the molecule is O=C(Nc1ccc2c(c1)N2[N-]c1cnc(Nc2ccc(C(=O)N3CCN(CCO)CC3)nc2)nc1)c1cccc(C(F)(F)F)c1.[K+]. The van der Waals surface area contributed by atoms with Crippen molar-refractivity contribution in [3.8, 4) is 0 Å². The van der Waals surface area contributed by atoms with Crippen LogP contribution in [0.15, 0.2) is 73.2 Å². The van der Waals surface area contributed by atoms with Crippen LogP contribution in [0.4, 0.5) is 47.6 Å². The van der Waals surface area contributed by atoms with Crippen LogP contribution in [0.2, 0.25) is 0 Å². The molecule has 0 saturated carbocycles. The molecule has 0 unspecified atom stereocenters. The number of fused-ring (bicyclic) bond motifs is 1. The summed E-state index contributed by atoms with van der Waals surface area (Å²) in [6, 6.07) is 12.6. The van der Waals surface area contributed by atoms with Crippen LogP contribution >= 0.6 is 0 Å². The molecule has 16 heteroatoms. The zero-order chi connectivity index (χ0) is 31.6. The number of amides is 2. The first kappa shape index (κ1) is 33.7. The van der Waals surface area contributed by atoms with E-state index in [-0.39, 0.29) is 69.5 Å². The summed E-state index contributed by atoms with van der Waals surface area (Å²) < 4.78 is 39.0. The van der Waals surface area contributed by atoms with Gasteiger partial charge in [-0.25, -0.2) is 15.0 Å². The minimum atomic E-state index is -4.54. The van der Waals surface area contributed by atoms with Gasteiger partial charge in [0.25, 0.3) is 11.8 Å². The van der Waals surface area contributed by atoms with Crippen molar-refractivity contribution in [2.75, 3.05) is 55.0 Å². The maximum absolute atomic E-state index is 13.0. The summed E-state index contributed by atoms with van der Waals surface area (Å²) in [5.74, 6) is -0.502. The number of aromatic nitrogens is 3. The van der Waals surface area contributed by atoms with Crippen LogP contribution in [0, 0.1) is 0 Å². The number of aliphatic hydroxyl groups is 1. The van der Waals surface area contributed by atoms with Gasteiger partial charge in [-0.3, -0.25) is 14.5 Å². The number of halogens is 3. The number of hydrogen-bond acceptors (Lipinski definition) is 9. The summed E-state index contributed by atoms with van der Waals surface area (Å²) in [7, 11) is 0. The number of benzene rings is 2. The molecule has 232 valence electrons. The molecule has 2 amide bonds. The molecule has 0 aliphatic carbocycles. The van der Waals surface area contributed by atoms with Crippen molar-refractivity contribution >= 4 is 46.2 Å². The van der Waals surface area contributed by atoms with Gasteiger partial charge in [0.05, 0.1) is 35.4 Å². The zero-order valence-electron chi connectivity index (χ0n) is 24.7. The van der Waals surface area contributed by atoms with Crippen molar-refractivity contribution in [2.24, 2.45) is 0 Å². The van der Waals surface area contributed by atoms with Crippen molar-refractivity contribution < 1.29 is 79.3 Å². The molecule has 6 rings (SSSR count). The third kappa shape index (κ3) is 8.01. The largest absolute Gasteiger partial charge is 1.00 e. The van der Waals surface area contributed by atoms with E-state index < -0.39 is 17.6 Å². The molecule has 2 aliphatic heterocycles. The van der Waals surface area contributed by atoms with E-state index in [1.165, 1.54) is 30.7 Å². The number of hydrogen-bond donors (Lipinski definition) is 3.